The number of sulfonamides is 1. The number of benzene rings is 1. The Balaban J connectivity index is 2.62. The van der Waals surface area contributed by atoms with Gasteiger partial charge in [-0.3, -0.25) is 4.79 Å². The minimum absolute atomic E-state index is 0.0595. The zero-order chi connectivity index (χ0) is 15.0. The van der Waals surface area contributed by atoms with Crippen LogP contribution in [-0.2, 0) is 14.8 Å². The van der Waals surface area contributed by atoms with Gasteiger partial charge in [-0.25, -0.2) is 13.1 Å². The van der Waals surface area contributed by atoms with Gasteiger partial charge in [0.25, 0.3) is 10.0 Å². The molecule has 4 nitrogen and oxygen atoms in total. The average Bonchev–Trinajstić information content (AvgIpc) is 2.38. The molecule has 1 aromatic rings. The molecule has 5 heteroatoms. The molecule has 0 spiro atoms. The molecule has 0 saturated carbocycles. The molecular formula is C15H19NO3S. The predicted molar refractivity (Wildman–Crippen MR) is 78.4 cm³/mol. The second-order valence-corrected chi connectivity index (χ2v) is 6.19. The Bertz CT molecular complexity index is 607. The van der Waals surface area contributed by atoms with Crippen molar-refractivity contribution in [2.75, 3.05) is 0 Å². The molecule has 0 bridgehead atoms. The maximum Gasteiger partial charge on any atom is 0.309 e. The Hall–Kier alpha value is -1.80. The van der Waals surface area contributed by atoms with Crippen LogP contribution in [0.5, 0.6) is 0 Å². The summed E-state index contributed by atoms with van der Waals surface area (Å²) in [4.78, 5) is 11.5. The van der Waals surface area contributed by atoms with E-state index in [4.69, 9.17) is 0 Å². The number of carbonyl (C=O) groups is 1. The van der Waals surface area contributed by atoms with E-state index in [2.05, 4.69) is 18.8 Å². The zero-order valence-corrected chi connectivity index (χ0v) is 12.6. The lowest BCUT2D eigenvalue weighted by molar-refractivity contribution is -0.114. The molecule has 1 aromatic carbocycles. The summed E-state index contributed by atoms with van der Waals surface area (Å²) < 4.78 is 25.7. The van der Waals surface area contributed by atoms with Crippen LogP contribution < -0.4 is 4.72 Å². The van der Waals surface area contributed by atoms with Crippen molar-refractivity contribution >= 4 is 15.9 Å². The Morgan fingerprint density at radius 3 is 2.45 bits per heavy atom. The van der Waals surface area contributed by atoms with E-state index < -0.39 is 15.9 Å². The smallest absolute Gasteiger partial charge is 0.258 e. The maximum absolute atomic E-state index is 11.9. The number of unbranched alkanes of at least 4 members (excludes halogenated alkanes) is 3. The van der Waals surface area contributed by atoms with Crippen molar-refractivity contribution < 1.29 is 13.2 Å². The van der Waals surface area contributed by atoms with E-state index in [9.17, 15) is 13.2 Å². The Labute approximate surface area is 120 Å². The summed E-state index contributed by atoms with van der Waals surface area (Å²) in [6, 6.07) is 6.27. The van der Waals surface area contributed by atoms with Gasteiger partial charge in [0.1, 0.15) is 0 Å². The molecular weight excluding hydrogens is 274 g/mol. The van der Waals surface area contributed by atoms with Gasteiger partial charge in [0.05, 0.1) is 4.90 Å². The van der Waals surface area contributed by atoms with E-state index in [0.29, 0.717) is 6.42 Å². The average molecular weight is 293 g/mol. The van der Waals surface area contributed by atoms with Crippen molar-refractivity contribution in [1.29, 1.82) is 0 Å². The van der Waals surface area contributed by atoms with E-state index in [1.165, 1.54) is 12.1 Å². The third-order valence-corrected chi connectivity index (χ3v) is 4.01. The maximum atomic E-state index is 11.9. The number of carbonyl (C=O) groups excluding carboxylic acids is 1. The van der Waals surface area contributed by atoms with E-state index >= 15 is 0 Å². The minimum atomic E-state index is -3.83. The highest BCUT2D eigenvalue weighted by Gasteiger charge is 2.15. The second kappa shape index (κ2) is 7.71. The fourth-order valence-corrected chi connectivity index (χ4v) is 2.44. The van der Waals surface area contributed by atoms with Crippen molar-refractivity contribution in [1.82, 2.24) is 4.72 Å². The van der Waals surface area contributed by atoms with Gasteiger partial charge in [-0.2, -0.15) is 0 Å². The standard InChI is InChI=1S/C15H19NO3S/c1-3-4-5-6-7-8-15(17)16-20(18,19)14-11-9-13(2)10-12-14/h9-12H,3-6H2,1-2H3,(H,16,17). The number of hydrogen-bond donors (Lipinski definition) is 1. The lowest BCUT2D eigenvalue weighted by Gasteiger charge is -2.03. The van der Waals surface area contributed by atoms with E-state index in [0.717, 1.165) is 24.8 Å². The van der Waals surface area contributed by atoms with E-state index in [-0.39, 0.29) is 4.90 Å². The SMILES string of the molecule is CCCCCC#CC(=O)NS(=O)(=O)c1ccc(C)cc1. The van der Waals surface area contributed by atoms with Crippen LogP contribution in [0.2, 0.25) is 0 Å². The van der Waals surface area contributed by atoms with Crippen LogP contribution >= 0.6 is 0 Å². The van der Waals surface area contributed by atoms with Crippen molar-refractivity contribution in [3.05, 3.63) is 29.8 Å². The van der Waals surface area contributed by atoms with Crippen LogP contribution in [0.4, 0.5) is 0 Å². The lowest BCUT2D eigenvalue weighted by Crippen LogP contribution is -2.29. The summed E-state index contributed by atoms with van der Waals surface area (Å²) in [6.45, 7) is 3.94. The third kappa shape index (κ3) is 5.45. The Morgan fingerprint density at radius 2 is 1.85 bits per heavy atom. The second-order valence-electron chi connectivity index (χ2n) is 4.51. The van der Waals surface area contributed by atoms with Crippen molar-refractivity contribution in [2.24, 2.45) is 0 Å². The summed E-state index contributed by atoms with van der Waals surface area (Å²) in [7, 11) is -3.83. The molecule has 0 aliphatic carbocycles. The van der Waals surface area contributed by atoms with Crippen LogP contribution in [0.1, 0.15) is 38.2 Å². The molecule has 0 unspecified atom stereocenters. The van der Waals surface area contributed by atoms with E-state index in [1.54, 1.807) is 12.1 Å². The number of rotatable bonds is 5. The van der Waals surface area contributed by atoms with Crippen LogP contribution in [0.3, 0.4) is 0 Å². The first kappa shape index (κ1) is 16.3. The molecule has 0 aliphatic heterocycles. The largest absolute Gasteiger partial charge is 0.309 e. The minimum Gasteiger partial charge on any atom is -0.258 e. The summed E-state index contributed by atoms with van der Waals surface area (Å²) in [5, 5.41) is 0. The summed E-state index contributed by atoms with van der Waals surface area (Å²) in [6.07, 6.45) is 3.65. The number of aryl methyl sites for hydroxylation is 1. The molecule has 0 radical (unpaired) electrons. The van der Waals surface area contributed by atoms with Gasteiger partial charge in [-0.1, -0.05) is 43.4 Å². The van der Waals surface area contributed by atoms with Crippen LogP contribution in [0.15, 0.2) is 29.2 Å². The van der Waals surface area contributed by atoms with Crippen molar-refractivity contribution in [2.45, 2.75) is 44.4 Å². The summed E-state index contributed by atoms with van der Waals surface area (Å²) in [5.41, 5.74) is 0.950. The van der Waals surface area contributed by atoms with Crippen molar-refractivity contribution in [3.8, 4) is 11.8 Å². The topological polar surface area (TPSA) is 63.2 Å². The Morgan fingerprint density at radius 1 is 1.20 bits per heavy atom. The first-order valence-corrected chi connectivity index (χ1v) is 8.06. The van der Waals surface area contributed by atoms with Crippen molar-refractivity contribution in [3.63, 3.8) is 0 Å². The first-order valence-electron chi connectivity index (χ1n) is 6.58. The molecule has 0 aliphatic rings. The number of nitrogens with one attached hydrogen (secondary N) is 1. The van der Waals surface area contributed by atoms with Gasteiger partial charge in [-0.15, -0.1) is 0 Å². The molecule has 0 saturated heterocycles. The van der Waals surface area contributed by atoms with Crippen LogP contribution in [0, 0.1) is 18.8 Å². The number of amides is 1. The summed E-state index contributed by atoms with van der Waals surface area (Å²) >= 11 is 0. The quantitative estimate of drug-likeness (QED) is 0.669. The van der Waals surface area contributed by atoms with Crippen LogP contribution in [0.25, 0.3) is 0 Å². The highest BCUT2D eigenvalue weighted by Crippen LogP contribution is 2.09. The van der Waals surface area contributed by atoms with Gasteiger partial charge in [0, 0.05) is 6.42 Å². The van der Waals surface area contributed by atoms with Gasteiger partial charge in [0.2, 0.25) is 0 Å². The molecule has 1 amide bonds. The van der Waals surface area contributed by atoms with E-state index in [1.807, 2.05) is 11.6 Å². The van der Waals surface area contributed by atoms with Gasteiger partial charge in [0.15, 0.2) is 0 Å². The fourth-order valence-electron chi connectivity index (χ4n) is 1.53. The first-order chi connectivity index (χ1) is 9.45. The molecule has 0 fully saturated rings. The van der Waals surface area contributed by atoms with Gasteiger partial charge in [-0.05, 0) is 31.4 Å². The molecule has 0 heterocycles. The highest BCUT2D eigenvalue weighted by molar-refractivity contribution is 7.90. The molecule has 0 atom stereocenters. The van der Waals surface area contributed by atoms with Gasteiger partial charge >= 0.3 is 5.91 Å². The Kier molecular flexibility index (Phi) is 6.26. The highest BCUT2D eigenvalue weighted by atomic mass is 32.2. The van der Waals surface area contributed by atoms with Crippen LogP contribution in [-0.4, -0.2) is 14.3 Å². The summed E-state index contributed by atoms with van der Waals surface area (Å²) in [5.74, 6) is 4.19. The fraction of sp³-hybridized carbons (Fsp3) is 0.400. The predicted octanol–water partition coefficient (Wildman–Crippen LogP) is 2.38. The van der Waals surface area contributed by atoms with Gasteiger partial charge < -0.3 is 0 Å². The normalized spacial score (nSPS) is 10.5. The molecule has 20 heavy (non-hydrogen) atoms. The third-order valence-electron chi connectivity index (χ3n) is 2.67. The molecule has 1 N–H and O–H groups in total. The monoisotopic (exact) mass is 293 g/mol. The molecule has 0 aromatic heterocycles. The molecule has 1 rings (SSSR count). The number of hydrogen-bond acceptors (Lipinski definition) is 3. The lowest BCUT2D eigenvalue weighted by atomic mass is 10.2. The molecule has 108 valence electrons. The zero-order valence-electron chi connectivity index (χ0n) is 11.8.